The number of nitrogens with zero attached hydrogens (tertiary/aromatic N) is 1. The number of imidazole rings is 1. The van der Waals surface area contributed by atoms with Crippen LogP contribution in [0.15, 0.2) is 73.1 Å². The van der Waals surface area contributed by atoms with E-state index in [-0.39, 0.29) is 5.78 Å². The molecule has 0 aliphatic heterocycles. The van der Waals surface area contributed by atoms with Gasteiger partial charge in [0.1, 0.15) is 5.82 Å². The van der Waals surface area contributed by atoms with Crippen LogP contribution in [0.1, 0.15) is 21.7 Å². The van der Waals surface area contributed by atoms with Crippen molar-refractivity contribution in [3.05, 3.63) is 90.0 Å². The molecule has 3 heteroatoms. The van der Waals surface area contributed by atoms with Gasteiger partial charge in [-0.05, 0) is 11.6 Å². The summed E-state index contributed by atoms with van der Waals surface area (Å²) in [5.74, 6) is 0.530. The van der Waals surface area contributed by atoms with Gasteiger partial charge in [0.05, 0.1) is 5.57 Å². The van der Waals surface area contributed by atoms with E-state index >= 15 is 0 Å². The minimum atomic E-state index is -0.0468. The summed E-state index contributed by atoms with van der Waals surface area (Å²) in [5.41, 5.74) is 2.17. The Morgan fingerprint density at radius 3 is 2.24 bits per heavy atom. The first-order chi connectivity index (χ1) is 10.3. The van der Waals surface area contributed by atoms with E-state index in [0.29, 0.717) is 17.0 Å². The molecule has 3 aromatic rings. The quantitative estimate of drug-likeness (QED) is 0.580. The lowest BCUT2D eigenvalue weighted by molar-refractivity contribution is 0.105. The molecule has 0 saturated heterocycles. The molecule has 0 spiro atoms. The Bertz CT molecular complexity index is 744. The summed E-state index contributed by atoms with van der Waals surface area (Å²) in [4.78, 5) is 19.9. The number of aromatic amines is 1. The van der Waals surface area contributed by atoms with Crippen LogP contribution in [0.5, 0.6) is 0 Å². The molecule has 1 aromatic heterocycles. The third-order valence-electron chi connectivity index (χ3n) is 3.14. The number of hydrogen-bond acceptors (Lipinski definition) is 2. The van der Waals surface area contributed by atoms with Crippen molar-refractivity contribution in [2.45, 2.75) is 0 Å². The Morgan fingerprint density at radius 2 is 1.62 bits per heavy atom. The molecule has 21 heavy (non-hydrogen) atoms. The van der Waals surface area contributed by atoms with Gasteiger partial charge in [0.2, 0.25) is 0 Å². The van der Waals surface area contributed by atoms with Crippen LogP contribution in [-0.2, 0) is 0 Å². The van der Waals surface area contributed by atoms with Gasteiger partial charge < -0.3 is 4.98 Å². The van der Waals surface area contributed by atoms with Crippen LogP contribution in [0.25, 0.3) is 11.6 Å². The minimum Gasteiger partial charge on any atom is -0.345 e. The number of aromatic nitrogens is 2. The zero-order chi connectivity index (χ0) is 14.5. The Morgan fingerprint density at radius 1 is 0.952 bits per heavy atom. The van der Waals surface area contributed by atoms with Gasteiger partial charge in [0.15, 0.2) is 5.78 Å². The van der Waals surface area contributed by atoms with Crippen molar-refractivity contribution in [3.63, 3.8) is 0 Å². The van der Waals surface area contributed by atoms with Crippen molar-refractivity contribution < 1.29 is 4.79 Å². The van der Waals surface area contributed by atoms with Crippen LogP contribution < -0.4 is 0 Å². The Balaban J connectivity index is 2.06. The number of hydrogen-bond donors (Lipinski definition) is 1. The van der Waals surface area contributed by atoms with Crippen LogP contribution in [-0.4, -0.2) is 15.8 Å². The van der Waals surface area contributed by atoms with Gasteiger partial charge >= 0.3 is 0 Å². The summed E-state index contributed by atoms with van der Waals surface area (Å²) in [6.07, 6.45) is 5.22. The average Bonchev–Trinajstić information content (AvgIpc) is 3.08. The van der Waals surface area contributed by atoms with Crippen LogP contribution in [0.4, 0.5) is 0 Å². The number of carbonyl (C=O) groups excluding carboxylic acids is 1. The van der Waals surface area contributed by atoms with E-state index in [0.717, 1.165) is 5.56 Å². The van der Waals surface area contributed by atoms with E-state index < -0.39 is 0 Å². The predicted molar refractivity (Wildman–Crippen MR) is 83.7 cm³/mol. The lowest BCUT2D eigenvalue weighted by atomic mass is 10.0. The monoisotopic (exact) mass is 274 g/mol. The second-order valence-corrected chi connectivity index (χ2v) is 4.60. The van der Waals surface area contributed by atoms with Gasteiger partial charge in [0.25, 0.3) is 0 Å². The maximum Gasteiger partial charge on any atom is 0.196 e. The number of nitrogens with one attached hydrogen (secondary N) is 1. The molecular weight excluding hydrogens is 260 g/mol. The lowest BCUT2D eigenvalue weighted by Gasteiger charge is -2.05. The average molecular weight is 274 g/mol. The molecule has 0 fully saturated rings. The molecule has 0 bridgehead atoms. The SMILES string of the molecule is O=C(C(=Cc1ccccc1)c1ncc[nH]1)c1ccccc1. The standard InChI is InChI=1S/C18H14N2O/c21-17(15-9-5-2-6-10-15)16(18-19-11-12-20-18)13-14-7-3-1-4-8-14/h1-13H,(H,19,20). The molecule has 2 aromatic carbocycles. The number of allylic oxidation sites excluding steroid dienone is 1. The maximum atomic E-state index is 12.7. The number of carbonyl (C=O) groups is 1. The first kappa shape index (κ1) is 13.1. The molecule has 0 atom stereocenters. The van der Waals surface area contributed by atoms with Gasteiger partial charge in [-0.2, -0.15) is 0 Å². The number of Topliss-reactive ketones (excluding diaryl/α,β-unsaturated/α-hetero) is 1. The zero-order valence-electron chi connectivity index (χ0n) is 11.4. The van der Waals surface area contributed by atoms with Crippen molar-refractivity contribution in [1.29, 1.82) is 0 Å². The smallest absolute Gasteiger partial charge is 0.196 e. The third-order valence-corrected chi connectivity index (χ3v) is 3.14. The fraction of sp³-hybridized carbons (Fsp3) is 0. The molecule has 3 nitrogen and oxygen atoms in total. The summed E-state index contributed by atoms with van der Waals surface area (Å²) < 4.78 is 0. The van der Waals surface area contributed by atoms with Crippen LogP contribution in [0, 0.1) is 0 Å². The van der Waals surface area contributed by atoms with Crippen LogP contribution in [0.3, 0.4) is 0 Å². The first-order valence-corrected chi connectivity index (χ1v) is 6.71. The Labute approximate surface area is 123 Å². The fourth-order valence-corrected chi connectivity index (χ4v) is 2.11. The number of H-pyrrole nitrogens is 1. The van der Waals surface area contributed by atoms with Gasteiger partial charge in [-0.1, -0.05) is 60.7 Å². The molecule has 0 radical (unpaired) electrons. The largest absolute Gasteiger partial charge is 0.345 e. The van der Waals surface area contributed by atoms with Crippen LogP contribution >= 0.6 is 0 Å². The molecule has 102 valence electrons. The summed E-state index contributed by atoms with van der Waals surface area (Å²) in [5, 5.41) is 0. The van der Waals surface area contributed by atoms with Crippen molar-refractivity contribution in [2.24, 2.45) is 0 Å². The highest BCUT2D eigenvalue weighted by Crippen LogP contribution is 2.20. The van der Waals surface area contributed by atoms with Crippen molar-refractivity contribution in [3.8, 4) is 0 Å². The molecule has 0 aliphatic carbocycles. The molecule has 1 N–H and O–H groups in total. The predicted octanol–water partition coefficient (Wildman–Crippen LogP) is 3.83. The zero-order valence-corrected chi connectivity index (χ0v) is 11.4. The number of rotatable bonds is 4. The van der Waals surface area contributed by atoms with E-state index in [1.807, 2.05) is 66.7 Å². The number of benzene rings is 2. The summed E-state index contributed by atoms with van der Waals surface area (Å²) in [7, 11) is 0. The highest BCUT2D eigenvalue weighted by molar-refractivity contribution is 6.31. The first-order valence-electron chi connectivity index (χ1n) is 6.71. The third kappa shape index (κ3) is 2.98. The summed E-state index contributed by atoms with van der Waals surface area (Å²) in [6, 6.07) is 19.0. The number of ketones is 1. The molecule has 0 amide bonds. The molecule has 0 saturated carbocycles. The van der Waals surface area contributed by atoms with Gasteiger partial charge in [0, 0.05) is 18.0 Å². The van der Waals surface area contributed by atoms with Gasteiger partial charge in [-0.15, -0.1) is 0 Å². The van der Waals surface area contributed by atoms with Crippen molar-refractivity contribution in [1.82, 2.24) is 9.97 Å². The lowest BCUT2D eigenvalue weighted by Crippen LogP contribution is -2.04. The second kappa shape index (κ2) is 6.01. The molecule has 0 aliphatic rings. The molecule has 3 rings (SSSR count). The Kier molecular flexibility index (Phi) is 3.74. The van der Waals surface area contributed by atoms with Crippen LogP contribution in [0.2, 0.25) is 0 Å². The van der Waals surface area contributed by atoms with Crippen molar-refractivity contribution >= 4 is 17.4 Å². The molecule has 1 heterocycles. The van der Waals surface area contributed by atoms with Gasteiger partial charge in [-0.25, -0.2) is 4.98 Å². The van der Waals surface area contributed by atoms with E-state index in [4.69, 9.17) is 0 Å². The maximum absolute atomic E-state index is 12.7. The summed E-state index contributed by atoms with van der Waals surface area (Å²) in [6.45, 7) is 0. The fourth-order valence-electron chi connectivity index (χ4n) is 2.11. The molecule has 0 unspecified atom stereocenters. The Hall–Kier alpha value is -2.94. The van der Waals surface area contributed by atoms with E-state index in [2.05, 4.69) is 9.97 Å². The minimum absolute atomic E-state index is 0.0468. The topological polar surface area (TPSA) is 45.8 Å². The molecular formula is C18H14N2O. The normalized spacial score (nSPS) is 11.3. The van der Waals surface area contributed by atoms with Crippen molar-refractivity contribution in [2.75, 3.05) is 0 Å². The highest BCUT2D eigenvalue weighted by atomic mass is 16.1. The van der Waals surface area contributed by atoms with Gasteiger partial charge in [-0.3, -0.25) is 4.79 Å². The van der Waals surface area contributed by atoms with E-state index in [1.165, 1.54) is 0 Å². The van der Waals surface area contributed by atoms with E-state index in [9.17, 15) is 4.79 Å². The highest BCUT2D eigenvalue weighted by Gasteiger charge is 2.16. The second-order valence-electron chi connectivity index (χ2n) is 4.60. The summed E-state index contributed by atoms with van der Waals surface area (Å²) >= 11 is 0. The van der Waals surface area contributed by atoms with E-state index in [1.54, 1.807) is 12.4 Å².